The normalized spacial score (nSPS) is 40.5. The quantitative estimate of drug-likeness (QED) is 0.800. The summed E-state index contributed by atoms with van der Waals surface area (Å²) in [6.07, 6.45) is 5.76. The molecule has 2 aliphatic heterocycles. The van der Waals surface area contributed by atoms with Gasteiger partial charge in [0.1, 0.15) is 0 Å². The van der Waals surface area contributed by atoms with Crippen LogP contribution >= 0.6 is 0 Å². The number of carbonyl (C=O) groups excluding carboxylic acids is 1. The minimum Gasteiger partial charge on any atom is -0.379 e. The number of nitrogens with one attached hydrogen (secondary N) is 1. The Morgan fingerprint density at radius 3 is 3.14 bits per heavy atom. The van der Waals surface area contributed by atoms with Crippen LogP contribution in [0.15, 0.2) is 11.6 Å². The Morgan fingerprint density at radius 1 is 1.48 bits per heavy atom. The van der Waals surface area contributed by atoms with E-state index in [2.05, 4.69) is 16.3 Å². The smallest absolute Gasteiger partial charge is 0.318 e. The second-order valence-corrected chi connectivity index (χ2v) is 6.84. The maximum Gasteiger partial charge on any atom is 0.318 e. The molecule has 5 nitrogen and oxygen atoms in total. The third-order valence-electron chi connectivity index (χ3n) is 5.87. The van der Waals surface area contributed by atoms with Crippen LogP contribution in [0.2, 0.25) is 0 Å². The number of urea groups is 1. The molecule has 2 saturated carbocycles. The molecule has 4 rings (SSSR count). The SMILES string of the molecule is COC1C2CC3CN(C(=O)NCC4=CCOCC4)C1C3C2. The molecule has 0 aromatic heterocycles. The Hall–Kier alpha value is -1.07. The molecule has 5 heteroatoms. The number of methoxy groups -OCH3 is 1. The molecule has 2 bridgehead atoms. The van der Waals surface area contributed by atoms with Crippen LogP contribution in [0.3, 0.4) is 0 Å². The van der Waals surface area contributed by atoms with Crippen LogP contribution in [-0.2, 0) is 9.47 Å². The Morgan fingerprint density at radius 2 is 2.38 bits per heavy atom. The van der Waals surface area contributed by atoms with Crippen molar-refractivity contribution in [1.82, 2.24) is 10.2 Å². The summed E-state index contributed by atoms with van der Waals surface area (Å²) in [6, 6.07) is 0.395. The Bertz CT molecular complexity index is 462. The fraction of sp³-hybridized carbons (Fsp3) is 0.812. The van der Waals surface area contributed by atoms with E-state index in [0.717, 1.165) is 19.6 Å². The summed E-state index contributed by atoms with van der Waals surface area (Å²) < 4.78 is 11.0. The Kier molecular flexibility index (Phi) is 3.42. The van der Waals surface area contributed by atoms with Crippen molar-refractivity contribution in [3.63, 3.8) is 0 Å². The number of hydrogen-bond acceptors (Lipinski definition) is 3. The first kappa shape index (κ1) is 13.6. The Labute approximate surface area is 125 Å². The average Bonchev–Trinajstić information content (AvgIpc) is 3.13. The highest BCUT2D eigenvalue weighted by atomic mass is 16.5. The fourth-order valence-corrected chi connectivity index (χ4v) is 4.97. The van der Waals surface area contributed by atoms with E-state index in [1.165, 1.54) is 18.4 Å². The molecule has 0 spiro atoms. The lowest BCUT2D eigenvalue weighted by atomic mass is 9.88. The number of likely N-dealkylation sites (tertiary alicyclic amines) is 1. The zero-order valence-corrected chi connectivity index (χ0v) is 12.6. The van der Waals surface area contributed by atoms with Crippen LogP contribution < -0.4 is 5.32 Å². The summed E-state index contributed by atoms with van der Waals surface area (Å²) in [5.74, 6) is 2.05. The molecule has 0 aromatic rings. The summed E-state index contributed by atoms with van der Waals surface area (Å²) in [5, 5.41) is 3.10. The average molecular weight is 292 g/mol. The summed E-state index contributed by atoms with van der Waals surface area (Å²) in [7, 11) is 1.79. The van der Waals surface area contributed by atoms with E-state index in [-0.39, 0.29) is 12.1 Å². The van der Waals surface area contributed by atoms with Crippen molar-refractivity contribution in [2.75, 3.05) is 33.4 Å². The summed E-state index contributed by atoms with van der Waals surface area (Å²) in [5.41, 5.74) is 1.28. The van der Waals surface area contributed by atoms with E-state index < -0.39 is 0 Å². The van der Waals surface area contributed by atoms with Crippen molar-refractivity contribution in [2.24, 2.45) is 17.8 Å². The predicted octanol–water partition coefficient (Wildman–Crippen LogP) is 1.40. The molecule has 1 saturated heterocycles. The molecule has 116 valence electrons. The standard InChI is InChI=1S/C16H24N2O3/c1-20-15-11-6-12-9-18(14(15)13(12)7-11)16(19)17-8-10-2-4-21-5-3-10/h2,11-15H,3-9H2,1H3,(H,17,19). The van der Waals surface area contributed by atoms with E-state index in [0.29, 0.717) is 36.9 Å². The van der Waals surface area contributed by atoms with Crippen LogP contribution in [0.25, 0.3) is 0 Å². The van der Waals surface area contributed by atoms with Crippen LogP contribution in [0.4, 0.5) is 4.79 Å². The van der Waals surface area contributed by atoms with Crippen LogP contribution in [0, 0.1) is 17.8 Å². The van der Waals surface area contributed by atoms with Crippen molar-refractivity contribution >= 4 is 6.03 Å². The molecule has 0 radical (unpaired) electrons. The minimum absolute atomic E-state index is 0.0875. The molecular weight excluding hydrogens is 268 g/mol. The molecule has 5 atom stereocenters. The highest BCUT2D eigenvalue weighted by Gasteiger charge is 2.60. The van der Waals surface area contributed by atoms with Crippen molar-refractivity contribution in [3.8, 4) is 0 Å². The van der Waals surface area contributed by atoms with Gasteiger partial charge in [-0.1, -0.05) is 11.6 Å². The van der Waals surface area contributed by atoms with Gasteiger partial charge in [-0.05, 0) is 37.0 Å². The largest absolute Gasteiger partial charge is 0.379 e. The maximum atomic E-state index is 12.6. The van der Waals surface area contributed by atoms with Gasteiger partial charge in [0.15, 0.2) is 0 Å². The van der Waals surface area contributed by atoms with Gasteiger partial charge in [-0.25, -0.2) is 4.79 Å². The molecule has 2 heterocycles. The van der Waals surface area contributed by atoms with Crippen molar-refractivity contribution in [1.29, 1.82) is 0 Å². The van der Waals surface area contributed by atoms with Crippen LogP contribution in [0.1, 0.15) is 19.3 Å². The minimum atomic E-state index is 0.0875. The zero-order valence-electron chi connectivity index (χ0n) is 12.6. The van der Waals surface area contributed by atoms with Crippen molar-refractivity contribution in [3.05, 3.63) is 11.6 Å². The number of rotatable bonds is 3. The van der Waals surface area contributed by atoms with E-state index in [1.807, 2.05) is 0 Å². The predicted molar refractivity (Wildman–Crippen MR) is 77.9 cm³/mol. The van der Waals surface area contributed by atoms with E-state index >= 15 is 0 Å². The second kappa shape index (κ2) is 5.29. The van der Waals surface area contributed by atoms with E-state index in [1.54, 1.807) is 7.11 Å². The van der Waals surface area contributed by atoms with E-state index in [4.69, 9.17) is 9.47 Å². The van der Waals surface area contributed by atoms with E-state index in [9.17, 15) is 4.79 Å². The summed E-state index contributed by atoms with van der Waals surface area (Å²) in [4.78, 5) is 14.6. The zero-order chi connectivity index (χ0) is 14.4. The molecule has 21 heavy (non-hydrogen) atoms. The maximum absolute atomic E-state index is 12.6. The molecule has 4 aliphatic rings. The van der Waals surface area contributed by atoms with Gasteiger partial charge in [0.2, 0.25) is 0 Å². The van der Waals surface area contributed by atoms with Gasteiger partial charge in [0, 0.05) is 20.2 Å². The Balaban J connectivity index is 1.40. The van der Waals surface area contributed by atoms with Crippen LogP contribution in [-0.4, -0.2) is 56.5 Å². The number of ether oxygens (including phenoxy) is 2. The van der Waals surface area contributed by atoms with Gasteiger partial charge in [-0.3, -0.25) is 0 Å². The lowest BCUT2D eigenvalue weighted by molar-refractivity contribution is 0.0190. The first-order valence-electron chi connectivity index (χ1n) is 8.11. The molecule has 2 aliphatic carbocycles. The highest BCUT2D eigenvalue weighted by molar-refractivity contribution is 5.75. The van der Waals surface area contributed by atoms with Gasteiger partial charge in [0.05, 0.1) is 25.4 Å². The topological polar surface area (TPSA) is 50.8 Å². The second-order valence-electron chi connectivity index (χ2n) is 6.84. The van der Waals surface area contributed by atoms with Crippen LogP contribution in [0.5, 0.6) is 0 Å². The third-order valence-corrected chi connectivity index (χ3v) is 5.87. The van der Waals surface area contributed by atoms with Gasteiger partial charge >= 0.3 is 6.03 Å². The summed E-state index contributed by atoms with van der Waals surface area (Å²) in [6.45, 7) is 3.02. The number of amides is 2. The number of nitrogens with zero attached hydrogens (tertiary/aromatic N) is 1. The fourth-order valence-electron chi connectivity index (χ4n) is 4.97. The summed E-state index contributed by atoms with van der Waals surface area (Å²) >= 11 is 0. The molecule has 3 fully saturated rings. The van der Waals surface area contributed by atoms with Gasteiger partial charge < -0.3 is 19.7 Å². The molecule has 1 N–H and O–H groups in total. The first-order chi connectivity index (χ1) is 10.3. The number of fused-ring (bicyclic) bond motifs is 1. The van der Waals surface area contributed by atoms with Crippen molar-refractivity contribution in [2.45, 2.75) is 31.4 Å². The van der Waals surface area contributed by atoms with Gasteiger partial charge in [-0.15, -0.1) is 0 Å². The highest BCUT2D eigenvalue weighted by Crippen LogP contribution is 2.55. The first-order valence-corrected chi connectivity index (χ1v) is 8.11. The third kappa shape index (κ3) is 2.18. The van der Waals surface area contributed by atoms with Gasteiger partial charge in [-0.2, -0.15) is 0 Å². The lowest BCUT2D eigenvalue weighted by Crippen LogP contribution is -2.49. The molecular formula is C16H24N2O3. The number of hydrogen-bond donors (Lipinski definition) is 1. The monoisotopic (exact) mass is 292 g/mol. The number of carbonyl (C=O) groups is 1. The molecule has 2 amide bonds. The van der Waals surface area contributed by atoms with Gasteiger partial charge in [0.25, 0.3) is 0 Å². The molecule has 0 aromatic carbocycles. The lowest BCUT2D eigenvalue weighted by Gasteiger charge is -2.31. The van der Waals surface area contributed by atoms with Crippen molar-refractivity contribution < 1.29 is 14.3 Å². The molecule has 5 unspecified atom stereocenters.